The van der Waals surface area contributed by atoms with Crippen LogP contribution in [0, 0.1) is 11.3 Å². The first-order valence-corrected chi connectivity index (χ1v) is 6.77. The minimum atomic E-state index is -0.550. The van der Waals surface area contributed by atoms with Gasteiger partial charge in [-0.3, -0.25) is 4.79 Å². The number of nitrogens with two attached hydrogens (primary N) is 1. The van der Waals surface area contributed by atoms with Crippen LogP contribution < -0.4 is 5.73 Å². The predicted octanol–water partition coefficient (Wildman–Crippen LogP) is 0.489. The lowest BCUT2D eigenvalue weighted by molar-refractivity contribution is -0.162. The Labute approximate surface area is 102 Å². The second-order valence-corrected chi connectivity index (χ2v) is 6.36. The Kier molecular flexibility index (Phi) is 2.49. The summed E-state index contributed by atoms with van der Waals surface area (Å²) in [5.41, 5.74) is 5.31. The third-order valence-electron chi connectivity index (χ3n) is 4.99. The summed E-state index contributed by atoms with van der Waals surface area (Å²) >= 11 is 0. The van der Waals surface area contributed by atoms with Crippen molar-refractivity contribution in [1.82, 2.24) is 4.90 Å². The first kappa shape index (κ1) is 11.5. The van der Waals surface area contributed by atoms with Gasteiger partial charge >= 0.3 is 0 Å². The molecule has 0 atom stereocenters. The molecular weight excluding hydrogens is 216 g/mol. The molecule has 0 bridgehead atoms. The Hall–Kier alpha value is -0.610. The smallest absolute Gasteiger partial charge is 0.223 e. The number of carbonyl (C=O) groups is 1. The van der Waals surface area contributed by atoms with E-state index in [0.717, 1.165) is 25.7 Å². The number of nitrogens with zero attached hydrogens (tertiary/aromatic N) is 1. The monoisotopic (exact) mass is 238 g/mol. The van der Waals surface area contributed by atoms with E-state index in [1.807, 2.05) is 4.90 Å². The Morgan fingerprint density at radius 3 is 2.41 bits per heavy atom. The van der Waals surface area contributed by atoms with Gasteiger partial charge in [0.2, 0.25) is 5.91 Å². The van der Waals surface area contributed by atoms with Gasteiger partial charge in [-0.15, -0.1) is 0 Å². The number of amides is 1. The first-order valence-electron chi connectivity index (χ1n) is 6.77. The molecule has 4 heteroatoms. The highest BCUT2D eigenvalue weighted by atomic mass is 16.3. The van der Waals surface area contributed by atoms with Crippen molar-refractivity contribution in [3.63, 3.8) is 0 Å². The molecule has 96 valence electrons. The lowest BCUT2D eigenvalue weighted by Crippen LogP contribution is -2.65. The third-order valence-corrected chi connectivity index (χ3v) is 4.99. The van der Waals surface area contributed by atoms with Crippen molar-refractivity contribution in [3.05, 3.63) is 0 Å². The molecule has 0 aromatic rings. The molecule has 0 aromatic heterocycles. The second-order valence-electron chi connectivity index (χ2n) is 6.36. The molecule has 0 spiro atoms. The zero-order chi connectivity index (χ0) is 12.1. The van der Waals surface area contributed by atoms with Gasteiger partial charge in [-0.25, -0.2) is 0 Å². The molecule has 1 aliphatic heterocycles. The summed E-state index contributed by atoms with van der Waals surface area (Å²) in [5.74, 6) is 0.652. The number of hydrogen-bond donors (Lipinski definition) is 2. The summed E-state index contributed by atoms with van der Waals surface area (Å²) in [5, 5.41) is 10.2. The molecular formula is C13H22N2O2. The van der Waals surface area contributed by atoms with E-state index in [9.17, 15) is 9.90 Å². The van der Waals surface area contributed by atoms with E-state index < -0.39 is 5.60 Å². The number of hydrogen-bond acceptors (Lipinski definition) is 3. The molecule has 1 saturated heterocycles. The van der Waals surface area contributed by atoms with E-state index in [1.54, 1.807) is 0 Å². The standard InChI is InChI=1S/C13H22N2O2/c14-7-12(4-1-5-12)6-11(16)15-8-13(17,9-15)10-2-3-10/h10,17H,1-9,14H2. The molecule has 3 rings (SSSR count). The third kappa shape index (κ3) is 1.87. The maximum Gasteiger partial charge on any atom is 0.223 e. The fraction of sp³-hybridized carbons (Fsp3) is 0.923. The number of carbonyl (C=O) groups excluding carboxylic acids is 1. The Balaban J connectivity index is 1.51. The lowest BCUT2D eigenvalue weighted by Gasteiger charge is -2.49. The maximum absolute atomic E-state index is 12.1. The van der Waals surface area contributed by atoms with Gasteiger partial charge in [0.15, 0.2) is 0 Å². The van der Waals surface area contributed by atoms with E-state index in [2.05, 4.69) is 0 Å². The fourth-order valence-electron chi connectivity index (χ4n) is 3.23. The van der Waals surface area contributed by atoms with Gasteiger partial charge in [-0.05, 0) is 43.6 Å². The van der Waals surface area contributed by atoms with Gasteiger partial charge < -0.3 is 15.7 Å². The van der Waals surface area contributed by atoms with Crippen molar-refractivity contribution in [2.45, 2.75) is 44.1 Å². The number of rotatable bonds is 4. The zero-order valence-corrected chi connectivity index (χ0v) is 10.3. The molecule has 3 N–H and O–H groups in total. The highest BCUT2D eigenvalue weighted by Gasteiger charge is 2.53. The molecule has 0 radical (unpaired) electrons. The Morgan fingerprint density at radius 1 is 1.35 bits per heavy atom. The van der Waals surface area contributed by atoms with Gasteiger partial charge in [0.05, 0.1) is 13.1 Å². The van der Waals surface area contributed by atoms with Crippen LogP contribution >= 0.6 is 0 Å². The highest BCUT2D eigenvalue weighted by Crippen LogP contribution is 2.47. The number of aliphatic hydroxyl groups is 1. The van der Waals surface area contributed by atoms with Gasteiger partial charge in [0.1, 0.15) is 5.60 Å². The predicted molar refractivity (Wildman–Crippen MR) is 64.2 cm³/mol. The van der Waals surface area contributed by atoms with Crippen LogP contribution in [-0.4, -0.2) is 41.1 Å². The van der Waals surface area contributed by atoms with E-state index in [0.29, 0.717) is 32.0 Å². The van der Waals surface area contributed by atoms with Crippen molar-refractivity contribution in [1.29, 1.82) is 0 Å². The molecule has 3 aliphatic rings. The van der Waals surface area contributed by atoms with Crippen molar-refractivity contribution in [3.8, 4) is 0 Å². The summed E-state index contributed by atoms with van der Waals surface area (Å²) < 4.78 is 0. The second kappa shape index (κ2) is 3.69. The molecule has 3 fully saturated rings. The van der Waals surface area contributed by atoms with Crippen molar-refractivity contribution in [2.75, 3.05) is 19.6 Å². The van der Waals surface area contributed by atoms with Gasteiger partial charge in [-0.2, -0.15) is 0 Å². The molecule has 4 nitrogen and oxygen atoms in total. The van der Waals surface area contributed by atoms with Crippen LogP contribution in [0.2, 0.25) is 0 Å². The summed E-state index contributed by atoms with van der Waals surface area (Å²) in [4.78, 5) is 13.9. The van der Waals surface area contributed by atoms with Crippen LogP contribution in [0.4, 0.5) is 0 Å². The zero-order valence-electron chi connectivity index (χ0n) is 10.3. The molecule has 1 heterocycles. The van der Waals surface area contributed by atoms with Crippen molar-refractivity contribution >= 4 is 5.91 Å². The maximum atomic E-state index is 12.1. The van der Waals surface area contributed by atoms with Gasteiger partial charge in [0.25, 0.3) is 0 Å². The summed E-state index contributed by atoms with van der Waals surface area (Å²) in [7, 11) is 0. The lowest BCUT2D eigenvalue weighted by atomic mass is 9.66. The molecule has 2 aliphatic carbocycles. The minimum Gasteiger partial charge on any atom is -0.386 e. The summed E-state index contributed by atoms with van der Waals surface area (Å²) in [6.07, 6.45) is 6.24. The Morgan fingerprint density at radius 2 is 2.00 bits per heavy atom. The minimum absolute atomic E-state index is 0.0877. The highest BCUT2D eigenvalue weighted by molar-refractivity contribution is 5.78. The normalized spacial score (nSPS) is 29.4. The first-order chi connectivity index (χ1) is 8.07. The molecule has 1 amide bonds. The SMILES string of the molecule is NCC1(CC(=O)N2CC(O)(C3CC3)C2)CCC1. The van der Waals surface area contributed by atoms with Crippen LogP contribution in [0.1, 0.15) is 38.5 Å². The van der Waals surface area contributed by atoms with E-state index in [4.69, 9.17) is 5.73 Å². The van der Waals surface area contributed by atoms with E-state index in [1.165, 1.54) is 6.42 Å². The van der Waals surface area contributed by atoms with Gasteiger partial charge in [0, 0.05) is 6.42 Å². The van der Waals surface area contributed by atoms with Crippen LogP contribution in [0.3, 0.4) is 0 Å². The average Bonchev–Trinajstić information content (AvgIpc) is 3.02. The van der Waals surface area contributed by atoms with Gasteiger partial charge in [-0.1, -0.05) is 6.42 Å². The van der Waals surface area contributed by atoms with Crippen LogP contribution in [0.25, 0.3) is 0 Å². The quantitative estimate of drug-likeness (QED) is 0.749. The molecule has 2 saturated carbocycles. The van der Waals surface area contributed by atoms with Crippen LogP contribution in [0.5, 0.6) is 0 Å². The average molecular weight is 238 g/mol. The van der Waals surface area contributed by atoms with Crippen LogP contribution in [-0.2, 0) is 4.79 Å². The number of β-amino-alcohol motifs (C(OH)–C–C–N with tert-alkyl or cyclic N) is 1. The topological polar surface area (TPSA) is 66.6 Å². The summed E-state index contributed by atoms with van der Waals surface area (Å²) in [6, 6.07) is 0. The van der Waals surface area contributed by atoms with Crippen molar-refractivity contribution in [2.24, 2.45) is 17.1 Å². The molecule has 0 unspecified atom stereocenters. The molecule has 0 aromatic carbocycles. The Bertz CT molecular complexity index is 323. The fourth-order valence-corrected chi connectivity index (χ4v) is 3.23. The van der Waals surface area contributed by atoms with Crippen molar-refractivity contribution < 1.29 is 9.90 Å². The van der Waals surface area contributed by atoms with E-state index in [-0.39, 0.29) is 11.3 Å². The van der Waals surface area contributed by atoms with E-state index >= 15 is 0 Å². The summed E-state index contributed by atoms with van der Waals surface area (Å²) in [6.45, 7) is 1.73. The molecule has 17 heavy (non-hydrogen) atoms. The largest absolute Gasteiger partial charge is 0.386 e. The number of likely N-dealkylation sites (tertiary alicyclic amines) is 1. The van der Waals surface area contributed by atoms with Crippen LogP contribution in [0.15, 0.2) is 0 Å².